The zero-order valence-corrected chi connectivity index (χ0v) is 15.0. The summed E-state index contributed by atoms with van der Waals surface area (Å²) in [6.45, 7) is 0. The molecule has 29 heavy (non-hydrogen) atoms. The molecule has 0 saturated heterocycles. The molecule has 1 aliphatic rings. The molecule has 0 bridgehead atoms. The van der Waals surface area contributed by atoms with E-state index in [1.807, 2.05) is 30.3 Å². The first kappa shape index (κ1) is 18.2. The number of carbonyl (C=O) groups excluding carboxylic acids is 1. The second-order valence-electron chi connectivity index (χ2n) is 6.30. The summed E-state index contributed by atoms with van der Waals surface area (Å²) >= 11 is 0. The SMILES string of the molecule is O=C1/C(=C\c2ccc([N+](=O)[O-])cc2)N=C(c2ccccc2)N1c1ccc(F)cc1. The molecule has 1 aliphatic heterocycles. The highest BCUT2D eigenvalue weighted by Crippen LogP contribution is 2.28. The quantitative estimate of drug-likeness (QED) is 0.374. The summed E-state index contributed by atoms with van der Waals surface area (Å²) in [7, 11) is 0. The molecule has 0 aliphatic carbocycles. The van der Waals surface area contributed by atoms with Crippen LogP contribution in [0.25, 0.3) is 6.08 Å². The van der Waals surface area contributed by atoms with E-state index in [9.17, 15) is 19.3 Å². The van der Waals surface area contributed by atoms with Crippen LogP contribution in [0.3, 0.4) is 0 Å². The van der Waals surface area contributed by atoms with Gasteiger partial charge in [-0.15, -0.1) is 0 Å². The smallest absolute Gasteiger partial charge is 0.266 e. The number of nitro benzene ring substituents is 1. The van der Waals surface area contributed by atoms with Gasteiger partial charge in [0.1, 0.15) is 17.3 Å². The molecule has 0 atom stereocenters. The van der Waals surface area contributed by atoms with Gasteiger partial charge >= 0.3 is 0 Å². The van der Waals surface area contributed by atoms with Gasteiger partial charge in [-0.3, -0.25) is 19.8 Å². The first-order chi connectivity index (χ1) is 14.0. The van der Waals surface area contributed by atoms with Gasteiger partial charge in [-0.25, -0.2) is 9.38 Å². The highest BCUT2D eigenvalue weighted by Gasteiger charge is 2.32. The highest BCUT2D eigenvalue weighted by molar-refractivity contribution is 6.33. The fraction of sp³-hybridized carbons (Fsp3) is 0. The predicted molar refractivity (Wildman–Crippen MR) is 108 cm³/mol. The van der Waals surface area contributed by atoms with Gasteiger partial charge < -0.3 is 0 Å². The predicted octanol–water partition coefficient (Wildman–Crippen LogP) is 4.57. The number of hydrogen-bond acceptors (Lipinski definition) is 4. The van der Waals surface area contributed by atoms with Crippen molar-refractivity contribution in [2.45, 2.75) is 0 Å². The van der Waals surface area contributed by atoms with Crippen molar-refractivity contribution in [2.75, 3.05) is 4.90 Å². The zero-order valence-electron chi connectivity index (χ0n) is 15.0. The van der Waals surface area contributed by atoms with Crippen molar-refractivity contribution >= 4 is 29.2 Å². The first-order valence-electron chi connectivity index (χ1n) is 8.73. The standard InChI is InChI=1S/C22H14FN3O3/c23-17-8-12-18(13-9-17)25-21(16-4-2-1-3-5-16)24-20(22(25)27)14-15-6-10-19(11-7-15)26(28)29/h1-14H/b20-14+. The van der Waals surface area contributed by atoms with E-state index in [4.69, 9.17) is 0 Å². The van der Waals surface area contributed by atoms with Gasteiger partial charge in [-0.2, -0.15) is 0 Å². The Labute approximate surface area is 165 Å². The summed E-state index contributed by atoms with van der Waals surface area (Å²) in [4.78, 5) is 29.3. The highest BCUT2D eigenvalue weighted by atomic mass is 19.1. The Morgan fingerprint density at radius 3 is 2.21 bits per heavy atom. The van der Waals surface area contributed by atoms with Crippen LogP contribution in [-0.2, 0) is 4.79 Å². The lowest BCUT2D eigenvalue weighted by atomic mass is 10.1. The Balaban J connectivity index is 1.77. The molecular weight excluding hydrogens is 373 g/mol. The fourth-order valence-electron chi connectivity index (χ4n) is 2.98. The Hall–Kier alpha value is -4.13. The lowest BCUT2D eigenvalue weighted by Gasteiger charge is -2.18. The van der Waals surface area contributed by atoms with Crippen molar-refractivity contribution in [3.05, 3.63) is 112 Å². The largest absolute Gasteiger partial charge is 0.282 e. The molecule has 4 rings (SSSR count). The summed E-state index contributed by atoms with van der Waals surface area (Å²) in [5.74, 6) is -0.343. The monoisotopic (exact) mass is 387 g/mol. The summed E-state index contributed by atoms with van der Waals surface area (Å²) in [5, 5.41) is 10.8. The number of non-ortho nitro benzene ring substituents is 1. The fourth-order valence-corrected chi connectivity index (χ4v) is 2.98. The van der Waals surface area contributed by atoms with E-state index in [1.165, 1.54) is 41.3 Å². The molecule has 0 unspecified atom stereocenters. The van der Waals surface area contributed by atoms with Gasteiger partial charge in [0.2, 0.25) is 0 Å². The maximum atomic E-state index is 13.4. The van der Waals surface area contributed by atoms with Crippen LogP contribution in [0.15, 0.2) is 89.6 Å². The van der Waals surface area contributed by atoms with Gasteiger partial charge in [-0.1, -0.05) is 30.3 Å². The molecule has 0 fully saturated rings. The number of aliphatic imine (C=N–C) groups is 1. The van der Waals surface area contributed by atoms with E-state index in [2.05, 4.69) is 4.99 Å². The molecule has 3 aromatic carbocycles. The molecule has 0 radical (unpaired) electrons. The third-order valence-electron chi connectivity index (χ3n) is 4.38. The first-order valence-corrected chi connectivity index (χ1v) is 8.73. The number of hydrogen-bond donors (Lipinski definition) is 0. The average Bonchev–Trinajstić information content (AvgIpc) is 3.06. The normalized spacial score (nSPS) is 14.9. The Morgan fingerprint density at radius 2 is 1.59 bits per heavy atom. The molecule has 1 amide bonds. The lowest BCUT2D eigenvalue weighted by molar-refractivity contribution is -0.384. The number of carbonyl (C=O) groups is 1. The second-order valence-corrected chi connectivity index (χ2v) is 6.30. The van der Waals surface area contributed by atoms with Crippen molar-refractivity contribution in [2.24, 2.45) is 4.99 Å². The van der Waals surface area contributed by atoms with Gasteiger partial charge in [0.15, 0.2) is 0 Å². The topological polar surface area (TPSA) is 75.8 Å². The number of nitrogens with zero attached hydrogens (tertiary/aromatic N) is 3. The van der Waals surface area contributed by atoms with Crippen LogP contribution in [0.2, 0.25) is 0 Å². The minimum absolute atomic E-state index is 0.0358. The van der Waals surface area contributed by atoms with Crippen molar-refractivity contribution < 1.29 is 14.1 Å². The summed E-state index contributed by atoms with van der Waals surface area (Å²) in [6.07, 6.45) is 1.57. The van der Waals surface area contributed by atoms with E-state index in [0.717, 1.165) is 5.56 Å². The number of anilines is 1. The van der Waals surface area contributed by atoms with E-state index in [-0.39, 0.29) is 17.3 Å². The molecular formula is C22H14FN3O3. The van der Waals surface area contributed by atoms with Gasteiger partial charge in [-0.05, 0) is 48.0 Å². The van der Waals surface area contributed by atoms with E-state index < -0.39 is 10.7 Å². The van der Waals surface area contributed by atoms with E-state index in [0.29, 0.717) is 17.1 Å². The third kappa shape index (κ3) is 3.66. The van der Waals surface area contributed by atoms with Gasteiger partial charge in [0.05, 0.1) is 10.6 Å². The van der Waals surface area contributed by atoms with E-state index in [1.54, 1.807) is 18.2 Å². The average molecular weight is 387 g/mol. The van der Waals surface area contributed by atoms with Crippen LogP contribution < -0.4 is 4.90 Å². The number of halogens is 1. The van der Waals surface area contributed by atoms with Crippen LogP contribution in [0.4, 0.5) is 15.8 Å². The molecule has 0 spiro atoms. The Kier molecular flexibility index (Phi) is 4.70. The zero-order chi connectivity index (χ0) is 20.4. The Bertz CT molecular complexity index is 1140. The van der Waals surface area contributed by atoms with Crippen molar-refractivity contribution in [3.8, 4) is 0 Å². The van der Waals surface area contributed by atoms with Gasteiger partial charge in [0.25, 0.3) is 11.6 Å². The summed E-state index contributed by atoms with van der Waals surface area (Å²) in [5.41, 5.74) is 1.98. The van der Waals surface area contributed by atoms with Gasteiger partial charge in [0, 0.05) is 17.7 Å². The van der Waals surface area contributed by atoms with Crippen LogP contribution in [0, 0.1) is 15.9 Å². The third-order valence-corrected chi connectivity index (χ3v) is 4.38. The number of amides is 1. The maximum absolute atomic E-state index is 13.4. The molecule has 1 heterocycles. The number of amidine groups is 1. The van der Waals surface area contributed by atoms with Crippen molar-refractivity contribution in [3.63, 3.8) is 0 Å². The maximum Gasteiger partial charge on any atom is 0.282 e. The number of rotatable bonds is 4. The minimum Gasteiger partial charge on any atom is -0.266 e. The van der Waals surface area contributed by atoms with Crippen LogP contribution in [-0.4, -0.2) is 16.7 Å². The molecule has 142 valence electrons. The summed E-state index contributed by atoms with van der Waals surface area (Å²) < 4.78 is 13.4. The van der Waals surface area contributed by atoms with Crippen LogP contribution in [0.1, 0.15) is 11.1 Å². The minimum atomic E-state index is -0.487. The molecule has 0 N–H and O–H groups in total. The lowest BCUT2D eigenvalue weighted by Crippen LogP contribution is -2.32. The molecule has 3 aromatic rings. The summed E-state index contributed by atoms with van der Waals surface area (Å²) in [6, 6.07) is 20.6. The van der Waals surface area contributed by atoms with E-state index >= 15 is 0 Å². The molecule has 6 nitrogen and oxygen atoms in total. The van der Waals surface area contributed by atoms with Crippen LogP contribution in [0.5, 0.6) is 0 Å². The number of nitro groups is 1. The Morgan fingerprint density at radius 1 is 0.931 bits per heavy atom. The molecule has 0 saturated carbocycles. The number of benzene rings is 3. The second kappa shape index (κ2) is 7.47. The van der Waals surface area contributed by atoms with Crippen LogP contribution >= 0.6 is 0 Å². The van der Waals surface area contributed by atoms with Crippen molar-refractivity contribution in [1.82, 2.24) is 0 Å². The molecule has 7 heteroatoms. The molecule has 0 aromatic heterocycles. The van der Waals surface area contributed by atoms with Crippen molar-refractivity contribution in [1.29, 1.82) is 0 Å².